The molecule has 0 aliphatic rings. The quantitative estimate of drug-likeness (QED) is 0.563. The molecule has 0 aromatic rings. The fraction of sp³-hybridized carbons (Fsp3) is 1.00. The standard InChI is InChI=1S/C7H16O2P/c1-3-5-6-7(4-2)9-10-8/h7,10H,3-6H2,1-2H3/q+1. The van der Waals surface area contributed by atoms with E-state index in [1.807, 2.05) is 0 Å². The Labute approximate surface area is 64.2 Å². The van der Waals surface area contributed by atoms with E-state index in [-0.39, 0.29) is 6.10 Å². The molecule has 0 heterocycles. The Balaban J connectivity index is 3.29. The van der Waals surface area contributed by atoms with Gasteiger partial charge in [-0.2, -0.15) is 0 Å². The van der Waals surface area contributed by atoms with Gasteiger partial charge in [0.05, 0.1) is 0 Å². The minimum absolute atomic E-state index is 0.218. The molecule has 60 valence electrons. The Kier molecular flexibility index (Phi) is 7.21. The van der Waals surface area contributed by atoms with Crippen LogP contribution in [0, 0.1) is 0 Å². The van der Waals surface area contributed by atoms with Gasteiger partial charge < -0.3 is 0 Å². The van der Waals surface area contributed by atoms with Gasteiger partial charge in [-0.15, -0.1) is 4.52 Å². The van der Waals surface area contributed by atoms with Gasteiger partial charge in [-0.05, 0) is 17.4 Å². The maximum absolute atomic E-state index is 10.1. The van der Waals surface area contributed by atoms with Crippen LogP contribution >= 0.6 is 8.69 Å². The van der Waals surface area contributed by atoms with Crippen LogP contribution in [0.3, 0.4) is 0 Å². The third kappa shape index (κ3) is 4.89. The molecule has 0 radical (unpaired) electrons. The van der Waals surface area contributed by atoms with Gasteiger partial charge in [0.15, 0.2) is 0 Å². The maximum atomic E-state index is 10.1. The summed E-state index contributed by atoms with van der Waals surface area (Å²) in [5.41, 5.74) is 0. The number of rotatable bonds is 6. The average molecular weight is 163 g/mol. The first-order chi connectivity index (χ1) is 4.85. The van der Waals surface area contributed by atoms with Crippen molar-refractivity contribution in [3.8, 4) is 0 Å². The lowest BCUT2D eigenvalue weighted by Gasteiger charge is -2.04. The number of unbranched alkanes of at least 4 members (excludes halogenated alkanes) is 1. The van der Waals surface area contributed by atoms with E-state index in [0.29, 0.717) is 0 Å². The van der Waals surface area contributed by atoms with Gasteiger partial charge in [0.1, 0.15) is 6.10 Å². The third-order valence-electron chi connectivity index (χ3n) is 1.55. The minimum atomic E-state index is -0.594. The summed E-state index contributed by atoms with van der Waals surface area (Å²) < 4.78 is 15.0. The van der Waals surface area contributed by atoms with Crippen LogP contribution < -0.4 is 0 Å². The zero-order chi connectivity index (χ0) is 7.82. The molecule has 0 aliphatic heterocycles. The van der Waals surface area contributed by atoms with Gasteiger partial charge in [0.25, 0.3) is 0 Å². The van der Waals surface area contributed by atoms with E-state index in [1.165, 1.54) is 12.8 Å². The Morgan fingerprint density at radius 2 is 2.20 bits per heavy atom. The summed E-state index contributed by atoms with van der Waals surface area (Å²) in [4.78, 5) is 0. The zero-order valence-corrected chi connectivity index (χ0v) is 7.72. The first kappa shape index (κ1) is 10.1. The molecule has 0 saturated heterocycles. The smallest absolute Gasteiger partial charge is 0.145 e. The number of hydrogen-bond acceptors (Lipinski definition) is 2. The van der Waals surface area contributed by atoms with Crippen LogP contribution in [0.5, 0.6) is 0 Å². The van der Waals surface area contributed by atoms with Crippen molar-refractivity contribution < 1.29 is 9.09 Å². The second-order valence-electron chi connectivity index (χ2n) is 2.37. The summed E-state index contributed by atoms with van der Waals surface area (Å²) in [5.74, 6) is 0. The van der Waals surface area contributed by atoms with Crippen molar-refractivity contribution >= 4 is 8.69 Å². The largest absolute Gasteiger partial charge is 0.494 e. The molecule has 2 atom stereocenters. The fourth-order valence-electron chi connectivity index (χ4n) is 0.846. The molecule has 0 aromatic heterocycles. The zero-order valence-electron chi connectivity index (χ0n) is 6.72. The minimum Gasteiger partial charge on any atom is -0.145 e. The van der Waals surface area contributed by atoms with Crippen LogP contribution in [0.1, 0.15) is 39.5 Å². The lowest BCUT2D eigenvalue weighted by Crippen LogP contribution is -2.04. The molecule has 0 spiro atoms. The second kappa shape index (κ2) is 7.17. The first-order valence-corrected chi connectivity index (χ1v) is 4.69. The van der Waals surface area contributed by atoms with E-state index in [1.54, 1.807) is 0 Å². The highest BCUT2D eigenvalue weighted by atomic mass is 31.1. The molecule has 2 nitrogen and oxygen atoms in total. The Hall–Kier alpha value is 0.0600. The molecular formula is C7H16O2P+. The highest BCUT2D eigenvalue weighted by molar-refractivity contribution is 7.17. The van der Waals surface area contributed by atoms with Crippen LogP contribution in [-0.2, 0) is 9.09 Å². The Morgan fingerprint density at radius 1 is 1.50 bits per heavy atom. The van der Waals surface area contributed by atoms with E-state index in [0.717, 1.165) is 12.8 Å². The van der Waals surface area contributed by atoms with Crippen LogP contribution in [0.2, 0.25) is 0 Å². The molecule has 0 fully saturated rings. The van der Waals surface area contributed by atoms with Crippen LogP contribution in [0.4, 0.5) is 0 Å². The Morgan fingerprint density at radius 3 is 2.60 bits per heavy atom. The molecule has 0 bridgehead atoms. The van der Waals surface area contributed by atoms with Crippen molar-refractivity contribution in [2.75, 3.05) is 0 Å². The van der Waals surface area contributed by atoms with E-state index >= 15 is 0 Å². The normalized spacial score (nSPS) is 13.8. The van der Waals surface area contributed by atoms with E-state index in [2.05, 4.69) is 13.8 Å². The second-order valence-corrected chi connectivity index (χ2v) is 2.78. The predicted octanol–water partition coefficient (Wildman–Crippen LogP) is 2.91. The molecule has 0 saturated carbocycles. The van der Waals surface area contributed by atoms with Gasteiger partial charge in [-0.3, -0.25) is 0 Å². The van der Waals surface area contributed by atoms with Crippen molar-refractivity contribution in [3.63, 3.8) is 0 Å². The van der Waals surface area contributed by atoms with Gasteiger partial charge in [0.2, 0.25) is 0 Å². The van der Waals surface area contributed by atoms with E-state index < -0.39 is 8.69 Å². The fourth-order valence-corrected chi connectivity index (χ4v) is 1.27. The van der Waals surface area contributed by atoms with Crippen LogP contribution in [0.15, 0.2) is 0 Å². The maximum Gasteiger partial charge on any atom is 0.494 e. The molecule has 0 N–H and O–H groups in total. The summed E-state index contributed by atoms with van der Waals surface area (Å²) in [6.45, 7) is 4.20. The first-order valence-electron chi connectivity index (χ1n) is 3.87. The highest BCUT2D eigenvalue weighted by Crippen LogP contribution is 2.13. The SMILES string of the molecule is CCCCC(CC)O[PH+]=O. The lowest BCUT2D eigenvalue weighted by atomic mass is 10.1. The lowest BCUT2D eigenvalue weighted by molar-refractivity contribution is 0.204. The molecular weight excluding hydrogens is 147 g/mol. The summed E-state index contributed by atoms with van der Waals surface area (Å²) in [5, 5.41) is 0. The van der Waals surface area contributed by atoms with E-state index in [4.69, 9.17) is 4.52 Å². The van der Waals surface area contributed by atoms with Crippen molar-refractivity contribution in [1.29, 1.82) is 0 Å². The monoisotopic (exact) mass is 163 g/mol. The number of hydrogen-bond donors (Lipinski definition) is 0. The molecule has 0 amide bonds. The van der Waals surface area contributed by atoms with E-state index in [9.17, 15) is 4.57 Å². The molecule has 0 aromatic carbocycles. The summed E-state index contributed by atoms with van der Waals surface area (Å²) in [7, 11) is -0.594. The average Bonchev–Trinajstić information content (AvgIpc) is 1.98. The third-order valence-corrected chi connectivity index (χ3v) is 1.98. The predicted molar refractivity (Wildman–Crippen MR) is 43.7 cm³/mol. The van der Waals surface area contributed by atoms with Gasteiger partial charge >= 0.3 is 8.69 Å². The molecule has 0 rings (SSSR count). The van der Waals surface area contributed by atoms with Crippen molar-refractivity contribution in [2.45, 2.75) is 45.6 Å². The molecule has 0 aliphatic carbocycles. The highest BCUT2D eigenvalue weighted by Gasteiger charge is 2.09. The molecule has 10 heavy (non-hydrogen) atoms. The van der Waals surface area contributed by atoms with Crippen molar-refractivity contribution in [2.24, 2.45) is 0 Å². The summed E-state index contributed by atoms with van der Waals surface area (Å²) in [6.07, 6.45) is 4.58. The molecule has 2 unspecified atom stereocenters. The van der Waals surface area contributed by atoms with Gasteiger partial charge in [-0.25, -0.2) is 0 Å². The summed E-state index contributed by atoms with van der Waals surface area (Å²) >= 11 is 0. The topological polar surface area (TPSA) is 26.3 Å². The van der Waals surface area contributed by atoms with Crippen LogP contribution in [0.25, 0.3) is 0 Å². The van der Waals surface area contributed by atoms with Crippen molar-refractivity contribution in [3.05, 3.63) is 0 Å². The summed E-state index contributed by atoms with van der Waals surface area (Å²) in [6, 6.07) is 0. The van der Waals surface area contributed by atoms with Gasteiger partial charge in [-0.1, -0.05) is 26.7 Å². The Bertz CT molecular complexity index is 85.7. The molecule has 3 heteroatoms. The van der Waals surface area contributed by atoms with Gasteiger partial charge in [0, 0.05) is 0 Å². The van der Waals surface area contributed by atoms with Crippen molar-refractivity contribution in [1.82, 2.24) is 0 Å². The van der Waals surface area contributed by atoms with Crippen LogP contribution in [-0.4, -0.2) is 6.10 Å².